The van der Waals surface area contributed by atoms with E-state index in [0.29, 0.717) is 47.3 Å². The normalized spacial score (nSPS) is 13.8. The van der Waals surface area contributed by atoms with E-state index in [-0.39, 0.29) is 11.5 Å². The molecule has 0 fully saturated rings. The van der Waals surface area contributed by atoms with Crippen LogP contribution in [0.25, 0.3) is 21.9 Å². The van der Waals surface area contributed by atoms with Crippen LogP contribution in [0, 0.1) is 6.92 Å². The van der Waals surface area contributed by atoms with E-state index in [9.17, 15) is 18.0 Å². The van der Waals surface area contributed by atoms with Crippen molar-refractivity contribution in [3.05, 3.63) is 95.1 Å². The highest BCUT2D eigenvalue weighted by atomic mass is 19.4. The highest BCUT2D eigenvalue weighted by molar-refractivity contribution is 6.13. The molecular formula is C28H23F3N6O. The van der Waals surface area contributed by atoms with Gasteiger partial charge in [0.2, 0.25) is 0 Å². The number of carbonyl (C=O) groups is 1. The Morgan fingerprint density at radius 2 is 1.84 bits per heavy atom. The molecule has 0 atom stereocenters. The first-order chi connectivity index (χ1) is 18.2. The van der Waals surface area contributed by atoms with E-state index in [1.165, 1.54) is 13.2 Å². The van der Waals surface area contributed by atoms with Crippen LogP contribution in [0.2, 0.25) is 0 Å². The van der Waals surface area contributed by atoms with Crippen molar-refractivity contribution >= 4 is 22.4 Å². The minimum absolute atomic E-state index is 0.0357. The van der Waals surface area contributed by atoms with Crippen molar-refractivity contribution < 1.29 is 18.0 Å². The molecule has 2 aromatic carbocycles. The highest BCUT2D eigenvalue weighted by Gasteiger charge is 2.39. The van der Waals surface area contributed by atoms with Gasteiger partial charge in [-0.15, -0.1) is 0 Å². The van der Waals surface area contributed by atoms with Gasteiger partial charge in [-0.1, -0.05) is 23.8 Å². The Labute approximate surface area is 216 Å². The fraction of sp³-hybridized carbons (Fsp3) is 0.214. The first kappa shape index (κ1) is 23.9. The number of benzene rings is 2. The lowest BCUT2D eigenvalue weighted by molar-refractivity contribution is -0.140. The number of rotatable bonds is 4. The highest BCUT2D eigenvalue weighted by Crippen LogP contribution is 2.41. The van der Waals surface area contributed by atoms with Crippen LogP contribution in [0.1, 0.15) is 38.4 Å². The van der Waals surface area contributed by atoms with Gasteiger partial charge >= 0.3 is 6.18 Å². The van der Waals surface area contributed by atoms with Crippen molar-refractivity contribution in [2.24, 2.45) is 7.05 Å². The number of aryl methyl sites for hydroxylation is 2. The van der Waals surface area contributed by atoms with Crippen LogP contribution in [0.3, 0.4) is 0 Å². The first-order valence-corrected chi connectivity index (χ1v) is 12.1. The van der Waals surface area contributed by atoms with E-state index in [2.05, 4.69) is 20.1 Å². The standard InChI is InChI=1S/C28H23F3N6O/c1-16-3-4-18-11-32-13-25(21(18)7-16)37-6-5-20-22(24-14-36(2)35-26(24)28(29,30)31)9-17(10-23(20)27(37)38)8-19-12-33-15-34-19/h3-4,7,9-15H,5-6,8H2,1-2H3,(H,33,34). The number of pyridine rings is 1. The molecule has 38 heavy (non-hydrogen) atoms. The van der Waals surface area contributed by atoms with E-state index in [1.54, 1.807) is 42.0 Å². The molecule has 0 aliphatic carbocycles. The van der Waals surface area contributed by atoms with E-state index in [0.717, 1.165) is 26.7 Å². The zero-order chi connectivity index (χ0) is 26.6. The number of imidazole rings is 1. The minimum Gasteiger partial charge on any atom is -0.348 e. The Kier molecular flexibility index (Phi) is 5.55. The van der Waals surface area contributed by atoms with Crippen molar-refractivity contribution in [3.8, 4) is 11.1 Å². The van der Waals surface area contributed by atoms with Gasteiger partial charge in [-0.2, -0.15) is 18.3 Å². The average Bonchev–Trinajstić information content (AvgIpc) is 3.53. The monoisotopic (exact) mass is 516 g/mol. The summed E-state index contributed by atoms with van der Waals surface area (Å²) in [5.41, 5.74) is 3.55. The van der Waals surface area contributed by atoms with Gasteiger partial charge in [0.05, 0.1) is 18.2 Å². The van der Waals surface area contributed by atoms with E-state index in [4.69, 9.17) is 0 Å². The molecule has 0 saturated heterocycles. The van der Waals surface area contributed by atoms with Crippen LogP contribution in [-0.2, 0) is 26.1 Å². The molecule has 7 nitrogen and oxygen atoms in total. The van der Waals surface area contributed by atoms with Crippen molar-refractivity contribution in [2.75, 3.05) is 11.4 Å². The third-order valence-corrected chi connectivity index (χ3v) is 6.89. The van der Waals surface area contributed by atoms with Crippen LogP contribution < -0.4 is 4.90 Å². The molecule has 3 aromatic heterocycles. The van der Waals surface area contributed by atoms with Crippen LogP contribution >= 0.6 is 0 Å². The summed E-state index contributed by atoms with van der Waals surface area (Å²) in [5.74, 6) is -0.271. The zero-order valence-corrected chi connectivity index (χ0v) is 20.7. The van der Waals surface area contributed by atoms with Crippen molar-refractivity contribution in [2.45, 2.75) is 25.9 Å². The second-order valence-electron chi connectivity index (χ2n) is 9.58. The van der Waals surface area contributed by atoms with Gasteiger partial charge in [0, 0.05) is 66.2 Å². The number of anilines is 1. The maximum Gasteiger partial charge on any atom is 0.435 e. The number of H-pyrrole nitrogens is 1. The van der Waals surface area contributed by atoms with E-state index in [1.807, 2.05) is 25.1 Å². The molecule has 6 rings (SSSR count). The van der Waals surface area contributed by atoms with Crippen molar-refractivity contribution in [3.63, 3.8) is 0 Å². The Morgan fingerprint density at radius 1 is 1.03 bits per heavy atom. The Balaban J connectivity index is 1.53. The van der Waals surface area contributed by atoms with Gasteiger partial charge in [0.25, 0.3) is 5.91 Å². The summed E-state index contributed by atoms with van der Waals surface area (Å²) in [6, 6.07) is 9.48. The average molecular weight is 517 g/mol. The lowest BCUT2D eigenvalue weighted by atomic mass is 9.87. The predicted octanol–water partition coefficient (Wildman–Crippen LogP) is 5.48. The Hall–Kier alpha value is -4.47. The molecule has 0 bridgehead atoms. The van der Waals surface area contributed by atoms with E-state index < -0.39 is 11.9 Å². The molecule has 192 valence electrons. The third-order valence-electron chi connectivity index (χ3n) is 6.89. The molecule has 10 heteroatoms. The maximum absolute atomic E-state index is 14.0. The molecule has 0 spiro atoms. The number of aromatic amines is 1. The summed E-state index contributed by atoms with van der Waals surface area (Å²) < 4.78 is 43.0. The SMILES string of the molecule is Cc1ccc2cncc(N3CCc4c(cc(Cc5cnc[nH]5)cc4-c4cn(C)nc4C(F)(F)F)C3=O)c2c1. The van der Waals surface area contributed by atoms with Crippen molar-refractivity contribution in [1.82, 2.24) is 24.7 Å². The van der Waals surface area contributed by atoms with Crippen LogP contribution in [0.4, 0.5) is 18.9 Å². The molecule has 1 aliphatic rings. The first-order valence-electron chi connectivity index (χ1n) is 12.1. The summed E-state index contributed by atoms with van der Waals surface area (Å²) in [6.07, 6.45) is 4.11. The molecule has 0 radical (unpaired) electrons. The smallest absolute Gasteiger partial charge is 0.348 e. The minimum atomic E-state index is -4.64. The number of fused-ring (bicyclic) bond motifs is 2. The number of nitrogens with zero attached hydrogens (tertiary/aromatic N) is 5. The Bertz CT molecular complexity index is 1690. The number of amides is 1. The lowest BCUT2D eigenvalue weighted by Crippen LogP contribution is -2.38. The van der Waals surface area contributed by atoms with Crippen LogP contribution in [-0.4, -0.2) is 37.2 Å². The van der Waals surface area contributed by atoms with Crippen LogP contribution in [0.5, 0.6) is 0 Å². The summed E-state index contributed by atoms with van der Waals surface area (Å²) in [7, 11) is 1.46. The van der Waals surface area contributed by atoms with Gasteiger partial charge in [-0.3, -0.25) is 14.5 Å². The second kappa shape index (κ2) is 8.83. The fourth-order valence-corrected chi connectivity index (χ4v) is 5.21. The van der Waals surface area contributed by atoms with Gasteiger partial charge in [-0.05, 0) is 42.2 Å². The summed E-state index contributed by atoms with van der Waals surface area (Å²) >= 11 is 0. The maximum atomic E-state index is 14.0. The zero-order valence-electron chi connectivity index (χ0n) is 20.7. The number of aromatic nitrogens is 5. The Morgan fingerprint density at radius 3 is 2.61 bits per heavy atom. The second-order valence-corrected chi connectivity index (χ2v) is 9.58. The quantitative estimate of drug-likeness (QED) is 0.343. The molecule has 0 saturated carbocycles. The van der Waals surface area contributed by atoms with Gasteiger partial charge in [0.15, 0.2) is 5.69 Å². The number of hydrogen-bond acceptors (Lipinski definition) is 4. The molecule has 1 N–H and O–H groups in total. The van der Waals surface area contributed by atoms with Gasteiger partial charge in [-0.25, -0.2) is 4.98 Å². The molecule has 1 aliphatic heterocycles. The van der Waals surface area contributed by atoms with Crippen molar-refractivity contribution in [1.29, 1.82) is 0 Å². The van der Waals surface area contributed by atoms with Crippen LogP contribution in [0.15, 0.2) is 61.4 Å². The molecule has 4 heterocycles. The summed E-state index contributed by atoms with van der Waals surface area (Å²) in [5, 5.41) is 5.52. The number of carbonyl (C=O) groups excluding carboxylic acids is 1. The molecule has 5 aromatic rings. The van der Waals surface area contributed by atoms with Gasteiger partial charge < -0.3 is 9.88 Å². The lowest BCUT2D eigenvalue weighted by Gasteiger charge is -2.31. The number of hydrogen-bond donors (Lipinski definition) is 1. The predicted molar refractivity (Wildman–Crippen MR) is 137 cm³/mol. The third kappa shape index (κ3) is 4.11. The molecular weight excluding hydrogens is 493 g/mol. The van der Waals surface area contributed by atoms with Gasteiger partial charge in [0.1, 0.15) is 0 Å². The number of nitrogens with one attached hydrogen (secondary N) is 1. The number of alkyl halides is 3. The topological polar surface area (TPSA) is 79.7 Å². The molecule has 1 amide bonds. The number of halogens is 3. The molecule has 0 unspecified atom stereocenters. The summed E-state index contributed by atoms with van der Waals surface area (Å²) in [4.78, 5) is 27.1. The fourth-order valence-electron chi connectivity index (χ4n) is 5.21. The summed E-state index contributed by atoms with van der Waals surface area (Å²) in [6.45, 7) is 2.30. The van der Waals surface area contributed by atoms with E-state index >= 15 is 0 Å². The largest absolute Gasteiger partial charge is 0.435 e.